The summed E-state index contributed by atoms with van der Waals surface area (Å²) in [6.07, 6.45) is 9.33. The Morgan fingerprint density at radius 2 is 1.56 bits per heavy atom. The lowest BCUT2D eigenvalue weighted by molar-refractivity contribution is -0.900. The van der Waals surface area contributed by atoms with Gasteiger partial charge in [0.15, 0.2) is 0 Å². The number of carbonyl (C=O) groups is 2. The van der Waals surface area contributed by atoms with Gasteiger partial charge in [-0.25, -0.2) is 4.79 Å². The molecule has 2 heterocycles. The molecular formula is C33H43N5O3. The number of amides is 3. The number of fused-ring (bicyclic) bond motifs is 1. The Hall–Kier alpha value is -2.94. The minimum Gasteiger partial charge on any atom is -0.632 e. The van der Waals surface area contributed by atoms with Crippen LogP contribution in [0.5, 0.6) is 0 Å². The zero-order valence-electron chi connectivity index (χ0n) is 23.9. The van der Waals surface area contributed by atoms with Crippen LogP contribution in [0.2, 0.25) is 0 Å². The number of hydroxylamine groups is 2. The number of carbonyl (C=O) groups excluding carboxylic acids is 2. The van der Waals surface area contributed by atoms with Gasteiger partial charge in [0.1, 0.15) is 6.04 Å². The van der Waals surface area contributed by atoms with Gasteiger partial charge in [-0.15, -0.1) is 0 Å². The van der Waals surface area contributed by atoms with Crippen molar-refractivity contribution in [3.63, 3.8) is 0 Å². The van der Waals surface area contributed by atoms with Crippen molar-refractivity contribution in [2.24, 2.45) is 23.2 Å². The normalized spacial score (nSPS) is 34.4. The van der Waals surface area contributed by atoms with Gasteiger partial charge in [-0.2, -0.15) is 0 Å². The SMILES string of the molecule is O=C(Nc1ccccc1)NC1C(=O)N(CC23CC4CC(CC(C4)C2)C3)c2ccccc2C(CCN2CCCC2)[NH+]1[O-]. The Labute approximate surface area is 243 Å². The summed E-state index contributed by atoms with van der Waals surface area (Å²) in [6, 6.07) is 16.2. The number of hydrogen-bond acceptors (Lipinski definition) is 4. The van der Waals surface area contributed by atoms with Gasteiger partial charge in [-0.05, 0) is 106 Å². The Morgan fingerprint density at radius 1 is 0.927 bits per heavy atom. The van der Waals surface area contributed by atoms with Crippen LogP contribution < -0.4 is 20.6 Å². The van der Waals surface area contributed by atoms with Gasteiger partial charge in [-0.1, -0.05) is 36.4 Å². The number of quaternary nitrogens is 1. The van der Waals surface area contributed by atoms with Crippen molar-refractivity contribution in [2.45, 2.75) is 70.0 Å². The molecular weight excluding hydrogens is 514 g/mol. The molecule has 6 aliphatic rings. The van der Waals surface area contributed by atoms with Gasteiger partial charge in [0.25, 0.3) is 0 Å². The Morgan fingerprint density at radius 3 is 2.24 bits per heavy atom. The second-order valence-electron chi connectivity index (χ2n) is 13.6. The third-order valence-corrected chi connectivity index (χ3v) is 10.6. The monoisotopic (exact) mass is 557 g/mol. The number of urea groups is 1. The van der Waals surface area contributed by atoms with Gasteiger partial charge < -0.3 is 25.4 Å². The number of hydrogen-bond donors (Lipinski definition) is 3. The van der Waals surface area contributed by atoms with Crippen molar-refractivity contribution in [3.8, 4) is 0 Å². The molecule has 218 valence electrons. The molecule has 41 heavy (non-hydrogen) atoms. The lowest BCUT2D eigenvalue weighted by atomic mass is 9.49. The van der Waals surface area contributed by atoms with Crippen molar-refractivity contribution < 1.29 is 14.7 Å². The Kier molecular flexibility index (Phi) is 7.25. The fraction of sp³-hybridized carbons (Fsp3) is 0.576. The molecule has 8 nitrogen and oxygen atoms in total. The molecule has 2 aromatic carbocycles. The highest BCUT2D eigenvalue weighted by molar-refractivity contribution is 6.00. The van der Waals surface area contributed by atoms with Gasteiger partial charge in [0.2, 0.25) is 6.17 Å². The lowest BCUT2D eigenvalue weighted by Crippen LogP contribution is -3.15. The zero-order valence-corrected chi connectivity index (χ0v) is 23.9. The largest absolute Gasteiger partial charge is 0.632 e. The van der Waals surface area contributed by atoms with E-state index < -0.39 is 18.2 Å². The number of para-hydroxylation sites is 2. The number of nitrogens with one attached hydrogen (secondary N) is 3. The van der Waals surface area contributed by atoms with Crippen molar-refractivity contribution >= 4 is 23.3 Å². The minimum absolute atomic E-state index is 0.104. The summed E-state index contributed by atoms with van der Waals surface area (Å²) in [5.74, 6) is 2.00. The third-order valence-electron chi connectivity index (χ3n) is 10.6. The topological polar surface area (TPSA) is 92.2 Å². The van der Waals surface area contributed by atoms with E-state index in [1.165, 1.54) is 51.4 Å². The summed E-state index contributed by atoms with van der Waals surface area (Å²) in [6.45, 7) is 3.56. The maximum atomic E-state index is 14.5. The average Bonchev–Trinajstić information content (AvgIpc) is 3.46. The zero-order chi connectivity index (χ0) is 28.0. The third kappa shape index (κ3) is 5.38. The second kappa shape index (κ2) is 11.0. The van der Waals surface area contributed by atoms with E-state index in [4.69, 9.17) is 0 Å². The summed E-state index contributed by atoms with van der Waals surface area (Å²) in [4.78, 5) is 32.0. The minimum atomic E-state index is -1.22. The Bertz CT molecular complexity index is 1230. The van der Waals surface area contributed by atoms with Crippen molar-refractivity contribution in [3.05, 3.63) is 65.4 Å². The molecule has 4 bridgehead atoms. The first-order valence-corrected chi connectivity index (χ1v) is 15.8. The van der Waals surface area contributed by atoms with Gasteiger partial charge in [0, 0.05) is 30.8 Å². The molecule has 4 saturated carbocycles. The van der Waals surface area contributed by atoms with Crippen LogP contribution in [0.25, 0.3) is 0 Å². The molecule has 3 amide bonds. The number of likely N-dealkylation sites (tertiary alicyclic amines) is 1. The smallest absolute Gasteiger partial charge is 0.324 e. The molecule has 1 saturated heterocycles. The summed E-state index contributed by atoms with van der Waals surface area (Å²) in [5.41, 5.74) is 2.52. The van der Waals surface area contributed by atoms with E-state index in [0.717, 1.165) is 48.6 Å². The fourth-order valence-corrected chi connectivity index (χ4v) is 9.33. The van der Waals surface area contributed by atoms with E-state index in [0.29, 0.717) is 18.7 Å². The van der Waals surface area contributed by atoms with Gasteiger partial charge in [-0.3, -0.25) is 10.1 Å². The highest BCUT2D eigenvalue weighted by Crippen LogP contribution is 2.60. The molecule has 2 aliphatic heterocycles. The number of benzene rings is 2. The van der Waals surface area contributed by atoms with Gasteiger partial charge in [0.05, 0.1) is 5.69 Å². The molecule has 0 radical (unpaired) electrons. The highest BCUT2D eigenvalue weighted by Gasteiger charge is 2.53. The molecule has 4 aliphatic carbocycles. The van der Waals surface area contributed by atoms with E-state index in [2.05, 4.69) is 15.5 Å². The molecule has 8 heteroatoms. The standard InChI is InChI=1S/C33H43N5O3/c39-31-30(35-32(40)34-26-8-2-1-3-9-26)38(41)29(12-15-36-13-6-7-14-36)27-10-4-5-11-28(27)37(31)22-33-19-23-16-24(20-33)18-25(17-23)21-33/h1-5,8-11,23-25,29-30,38H,6-7,12-22H2,(H2,34,35,40). The van der Waals surface area contributed by atoms with Crippen LogP contribution in [0.1, 0.15) is 69.4 Å². The van der Waals surface area contributed by atoms with E-state index in [-0.39, 0.29) is 16.4 Å². The van der Waals surface area contributed by atoms with Crippen LogP contribution in [0.4, 0.5) is 16.2 Å². The molecule has 0 aromatic heterocycles. The van der Waals surface area contributed by atoms with Crippen molar-refractivity contribution in [1.82, 2.24) is 10.2 Å². The van der Waals surface area contributed by atoms with Crippen LogP contribution >= 0.6 is 0 Å². The average molecular weight is 558 g/mol. The van der Waals surface area contributed by atoms with Crippen LogP contribution in [0.15, 0.2) is 54.6 Å². The summed E-state index contributed by atoms with van der Waals surface area (Å²) < 4.78 is 0. The molecule has 8 rings (SSSR count). The van der Waals surface area contributed by atoms with Gasteiger partial charge >= 0.3 is 11.9 Å². The van der Waals surface area contributed by atoms with Crippen LogP contribution in [-0.2, 0) is 4.79 Å². The lowest BCUT2D eigenvalue weighted by Gasteiger charge is -2.57. The van der Waals surface area contributed by atoms with Crippen LogP contribution in [-0.4, -0.2) is 49.2 Å². The molecule has 5 fully saturated rings. The van der Waals surface area contributed by atoms with Crippen molar-refractivity contribution in [1.29, 1.82) is 0 Å². The highest BCUT2D eigenvalue weighted by atomic mass is 16.5. The summed E-state index contributed by atoms with van der Waals surface area (Å²) in [5, 5.41) is 19.8. The molecule has 3 unspecified atom stereocenters. The predicted molar refractivity (Wildman–Crippen MR) is 159 cm³/mol. The molecule has 3 N–H and O–H groups in total. The fourth-order valence-electron chi connectivity index (χ4n) is 9.33. The first kappa shape index (κ1) is 26.9. The van der Waals surface area contributed by atoms with E-state index in [1.807, 2.05) is 47.4 Å². The van der Waals surface area contributed by atoms with E-state index >= 15 is 0 Å². The maximum absolute atomic E-state index is 14.5. The first-order chi connectivity index (χ1) is 20.0. The molecule has 2 aromatic rings. The first-order valence-electron chi connectivity index (χ1n) is 15.8. The second-order valence-corrected chi connectivity index (χ2v) is 13.6. The van der Waals surface area contributed by atoms with E-state index in [1.54, 1.807) is 12.1 Å². The predicted octanol–water partition coefficient (Wildman–Crippen LogP) is 4.31. The van der Waals surface area contributed by atoms with Crippen LogP contribution in [0, 0.1) is 28.4 Å². The van der Waals surface area contributed by atoms with Crippen LogP contribution in [0.3, 0.4) is 0 Å². The van der Waals surface area contributed by atoms with Crippen molar-refractivity contribution in [2.75, 3.05) is 36.4 Å². The quantitative estimate of drug-likeness (QED) is 0.443. The van der Waals surface area contributed by atoms with E-state index in [9.17, 15) is 14.8 Å². The number of rotatable bonds is 7. The number of nitrogens with zero attached hydrogens (tertiary/aromatic N) is 2. The summed E-state index contributed by atoms with van der Waals surface area (Å²) >= 11 is 0. The maximum Gasteiger partial charge on any atom is 0.324 e. The molecule has 0 spiro atoms. The number of anilines is 2. The molecule has 3 atom stereocenters. The summed E-state index contributed by atoms with van der Waals surface area (Å²) in [7, 11) is 0. The Balaban J connectivity index is 1.21.